The molecule has 1 unspecified atom stereocenters. The molecule has 0 aliphatic heterocycles. The van der Waals surface area contributed by atoms with Crippen molar-refractivity contribution in [3.8, 4) is 0 Å². The first-order valence-electron chi connectivity index (χ1n) is 3.54. The van der Waals surface area contributed by atoms with Crippen molar-refractivity contribution < 1.29 is 4.74 Å². The van der Waals surface area contributed by atoms with Crippen molar-refractivity contribution in [2.75, 3.05) is 7.11 Å². The third kappa shape index (κ3) is 3.00. The number of ether oxygens (including phenoxy) is 1. The summed E-state index contributed by atoms with van der Waals surface area (Å²) in [5.74, 6) is 0.797. The van der Waals surface area contributed by atoms with Crippen molar-refractivity contribution in [1.82, 2.24) is 0 Å². The number of methoxy groups -OCH3 is 1. The summed E-state index contributed by atoms with van der Waals surface area (Å²) in [6.45, 7) is 7.40. The Bertz CT molecular complexity index is 241. The first-order valence-corrected chi connectivity index (χ1v) is 4.49. The van der Waals surface area contributed by atoms with Crippen molar-refractivity contribution in [2.24, 2.45) is 0 Å². The van der Waals surface area contributed by atoms with Gasteiger partial charge in [0.05, 0.1) is 12.1 Å². The molecule has 1 atom stereocenters. The van der Waals surface area contributed by atoms with Gasteiger partial charge in [0.1, 0.15) is 5.76 Å². The summed E-state index contributed by atoms with van der Waals surface area (Å²) in [5, 5.41) is 1.55. The van der Waals surface area contributed by atoms with Gasteiger partial charge < -0.3 is 4.74 Å². The summed E-state index contributed by atoms with van der Waals surface area (Å²) in [7, 11) is 4.17. The Morgan fingerprint density at radius 1 is 1.50 bits per heavy atom. The zero-order valence-electron chi connectivity index (χ0n) is 7.65. The molecule has 1 nitrogen and oxygen atoms in total. The van der Waals surface area contributed by atoms with E-state index in [9.17, 15) is 0 Å². The van der Waals surface area contributed by atoms with Crippen molar-refractivity contribution >= 4 is 20.8 Å². The maximum absolute atomic E-state index is 6.01. The van der Waals surface area contributed by atoms with E-state index in [1.807, 2.05) is 13.8 Å². The highest BCUT2D eigenvalue weighted by Gasteiger charge is 2.03. The van der Waals surface area contributed by atoms with Crippen molar-refractivity contribution in [3.05, 3.63) is 34.3 Å². The summed E-state index contributed by atoms with van der Waals surface area (Å²) in [6.07, 6.45) is 1.72. The molecule has 0 saturated heterocycles. The summed E-state index contributed by atoms with van der Waals surface area (Å²) in [6, 6.07) is 0. The standard InChI is InChI=1S/C9H14ClOP/c1-5-6(2)8(10)9(12)7(3)11-4/h5H,1,12H2,2-4H3/b8-6-,9-7-. The Hall–Kier alpha value is -0.260. The van der Waals surface area contributed by atoms with Gasteiger partial charge in [0.15, 0.2) is 0 Å². The molecule has 0 bridgehead atoms. The molecule has 0 heterocycles. The second kappa shape index (κ2) is 5.40. The molecule has 0 saturated carbocycles. The highest BCUT2D eigenvalue weighted by molar-refractivity contribution is 7.23. The van der Waals surface area contributed by atoms with Crippen LogP contribution < -0.4 is 0 Å². The minimum Gasteiger partial charge on any atom is -0.501 e. The van der Waals surface area contributed by atoms with E-state index < -0.39 is 0 Å². The Morgan fingerprint density at radius 2 is 2.00 bits per heavy atom. The van der Waals surface area contributed by atoms with E-state index in [-0.39, 0.29) is 0 Å². The molecule has 0 rings (SSSR count). The second-order valence-corrected chi connectivity index (χ2v) is 3.33. The van der Waals surface area contributed by atoms with Crippen LogP contribution in [0.3, 0.4) is 0 Å². The van der Waals surface area contributed by atoms with Crippen LogP contribution in [0.2, 0.25) is 0 Å². The SMILES string of the molecule is C=C/C(C)=C(Cl)/C(P)=C(\C)OC. The van der Waals surface area contributed by atoms with Crippen LogP contribution in [0.25, 0.3) is 0 Å². The Kier molecular flexibility index (Phi) is 5.28. The fourth-order valence-electron chi connectivity index (χ4n) is 0.567. The quantitative estimate of drug-likeness (QED) is 0.389. The summed E-state index contributed by atoms with van der Waals surface area (Å²) in [4.78, 5) is 0. The fraction of sp³-hybridized carbons (Fsp3) is 0.333. The van der Waals surface area contributed by atoms with Gasteiger partial charge in [0, 0.05) is 5.31 Å². The zero-order valence-corrected chi connectivity index (χ0v) is 9.56. The van der Waals surface area contributed by atoms with Crippen LogP contribution >= 0.6 is 20.8 Å². The average molecular weight is 205 g/mol. The molecule has 0 aromatic heterocycles. The molecule has 12 heavy (non-hydrogen) atoms. The maximum Gasteiger partial charge on any atom is 0.101 e. The first-order chi connectivity index (χ1) is 5.54. The van der Waals surface area contributed by atoms with Gasteiger partial charge in [-0.2, -0.15) is 0 Å². The molecule has 0 aliphatic rings. The minimum absolute atomic E-state index is 0.675. The molecule has 0 aliphatic carbocycles. The maximum atomic E-state index is 6.01. The molecule has 0 amide bonds. The van der Waals surface area contributed by atoms with E-state index in [2.05, 4.69) is 15.8 Å². The number of allylic oxidation sites excluding steroid dienone is 5. The van der Waals surface area contributed by atoms with Gasteiger partial charge in [-0.25, -0.2) is 0 Å². The van der Waals surface area contributed by atoms with Crippen LogP contribution in [0.4, 0.5) is 0 Å². The minimum atomic E-state index is 0.675. The second-order valence-electron chi connectivity index (χ2n) is 2.38. The molecule has 0 radical (unpaired) electrons. The lowest BCUT2D eigenvalue weighted by Crippen LogP contribution is -1.86. The molecular formula is C9H14ClOP. The molecule has 0 aromatic carbocycles. The Morgan fingerprint density at radius 3 is 2.33 bits per heavy atom. The highest BCUT2D eigenvalue weighted by atomic mass is 35.5. The topological polar surface area (TPSA) is 9.23 Å². The smallest absolute Gasteiger partial charge is 0.101 e. The monoisotopic (exact) mass is 204 g/mol. The molecule has 0 spiro atoms. The van der Waals surface area contributed by atoms with E-state index in [4.69, 9.17) is 16.3 Å². The van der Waals surface area contributed by atoms with Crippen LogP contribution in [0.1, 0.15) is 13.8 Å². The molecule has 0 fully saturated rings. The van der Waals surface area contributed by atoms with E-state index in [1.54, 1.807) is 13.2 Å². The van der Waals surface area contributed by atoms with E-state index in [0.29, 0.717) is 5.03 Å². The largest absolute Gasteiger partial charge is 0.501 e. The van der Waals surface area contributed by atoms with E-state index in [1.165, 1.54) is 0 Å². The zero-order chi connectivity index (χ0) is 9.72. The predicted molar refractivity (Wildman–Crippen MR) is 58.2 cm³/mol. The van der Waals surface area contributed by atoms with Crippen molar-refractivity contribution in [3.63, 3.8) is 0 Å². The Labute approximate surface area is 81.3 Å². The molecule has 68 valence electrons. The Balaban J connectivity index is 4.94. The van der Waals surface area contributed by atoms with Crippen LogP contribution in [0.5, 0.6) is 0 Å². The lowest BCUT2D eigenvalue weighted by Gasteiger charge is -2.06. The number of rotatable bonds is 3. The van der Waals surface area contributed by atoms with E-state index in [0.717, 1.165) is 16.6 Å². The first kappa shape index (κ1) is 11.7. The van der Waals surface area contributed by atoms with Crippen molar-refractivity contribution in [2.45, 2.75) is 13.8 Å². The normalized spacial score (nSPS) is 14.8. The average Bonchev–Trinajstić information content (AvgIpc) is 2.12. The van der Waals surface area contributed by atoms with Gasteiger partial charge in [0.25, 0.3) is 0 Å². The summed E-state index contributed by atoms with van der Waals surface area (Å²) < 4.78 is 5.03. The third-order valence-electron chi connectivity index (χ3n) is 1.57. The van der Waals surface area contributed by atoms with E-state index >= 15 is 0 Å². The fourth-order valence-corrected chi connectivity index (χ4v) is 1.12. The van der Waals surface area contributed by atoms with Crippen LogP contribution in [-0.4, -0.2) is 7.11 Å². The predicted octanol–water partition coefficient (Wildman–Crippen LogP) is 3.44. The van der Waals surface area contributed by atoms with Gasteiger partial charge in [-0.15, -0.1) is 9.24 Å². The van der Waals surface area contributed by atoms with Gasteiger partial charge in [-0.1, -0.05) is 24.3 Å². The number of halogens is 1. The lowest BCUT2D eigenvalue weighted by atomic mass is 10.2. The van der Waals surface area contributed by atoms with Crippen LogP contribution in [0, 0.1) is 0 Å². The van der Waals surface area contributed by atoms with Gasteiger partial charge in [-0.05, 0) is 19.4 Å². The number of hydrogen-bond acceptors (Lipinski definition) is 1. The van der Waals surface area contributed by atoms with Gasteiger partial charge >= 0.3 is 0 Å². The summed E-state index contributed by atoms with van der Waals surface area (Å²) in [5.41, 5.74) is 0.943. The number of hydrogen-bond donors (Lipinski definition) is 0. The van der Waals surface area contributed by atoms with Crippen LogP contribution in [0.15, 0.2) is 34.3 Å². The molecular weight excluding hydrogens is 191 g/mol. The van der Waals surface area contributed by atoms with Gasteiger partial charge in [0.2, 0.25) is 0 Å². The molecule has 3 heteroatoms. The lowest BCUT2D eigenvalue weighted by molar-refractivity contribution is 0.292. The highest BCUT2D eigenvalue weighted by Crippen LogP contribution is 2.28. The van der Waals surface area contributed by atoms with Crippen molar-refractivity contribution in [1.29, 1.82) is 0 Å². The summed E-state index contributed by atoms with van der Waals surface area (Å²) >= 11 is 6.01. The van der Waals surface area contributed by atoms with Crippen LogP contribution in [-0.2, 0) is 4.74 Å². The molecule has 0 aromatic rings. The van der Waals surface area contributed by atoms with Gasteiger partial charge in [-0.3, -0.25) is 0 Å². The molecule has 0 N–H and O–H groups in total. The third-order valence-corrected chi connectivity index (χ3v) is 2.95.